The number of nitrogens with two attached hydrogens (primary N) is 1. The number of benzene rings is 1. The number of halogens is 3. The molecule has 0 unspecified atom stereocenters. The number of allylic oxidation sites excluding steroid dienone is 1. The van der Waals surface area contributed by atoms with Gasteiger partial charge < -0.3 is 16.3 Å². The predicted molar refractivity (Wildman–Crippen MR) is 125 cm³/mol. The zero-order valence-corrected chi connectivity index (χ0v) is 19.7. The maximum atomic E-state index is 13.1. The SMILES string of the molecule is C=C(CCc1ncc(-c2cc(C(F)(F)F)ccc2C)n1N)N[C@H]1CCC[C@H](C(C)(C)O)CC1. The molecule has 33 heavy (non-hydrogen) atoms. The van der Waals surface area contributed by atoms with Crippen molar-refractivity contribution in [2.45, 2.75) is 83.5 Å². The van der Waals surface area contributed by atoms with Crippen LogP contribution in [0.25, 0.3) is 11.3 Å². The second-order valence-electron chi connectivity index (χ2n) is 9.76. The van der Waals surface area contributed by atoms with Crippen LogP contribution in [0.15, 0.2) is 36.7 Å². The van der Waals surface area contributed by atoms with Crippen molar-refractivity contribution in [2.24, 2.45) is 5.92 Å². The van der Waals surface area contributed by atoms with Crippen LogP contribution in [0.5, 0.6) is 0 Å². The van der Waals surface area contributed by atoms with Crippen LogP contribution < -0.4 is 11.2 Å². The van der Waals surface area contributed by atoms with E-state index in [4.69, 9.17) is 5.84 Å². The van der Waals surface area contributed by atoms with Gasteiger partial charge in [-0.1, -0.05) is 19.1 Å². The van der Waals surface area contributed by atoms with Crippen molar-refractivity contribution in [2.75, 3.05) is 5.84 Å². The maximum absolute atomic E-state index is 13.1. The van der Waals surface area contributed by atoms with Gasteiger partial charge in [-0.15, -0.1) is 0 Å². The molecular formula is C25H35F3N4O. The highest BCUT2D eigenvalue weighted by Crippen LogP contribution is 2.34. The zero-order valence-electron chi connectivity index (χ0n) is 19.7. The van der Waals surface area contributed by atoms with Gasteiger partial charge in [-0.3, -0.25) is 0 Å². The summed E-state index contributed by atoms with van der Waals surface area (Å²) >= 11 is 0. The number of alkyl halides is 3. The zero-order chi connectivity index (χ0) is 24.4. The van der Waals surface area contributed by atoms with Crippen LogP contribution in [0.4, 0.5) is 13.2 Å². The van der Waals surface area contributed by atoms with Crippen molar-refractivity contribution in [1.29, 1.82) is 0 Å². The number of nitrogens with zero attached hydrogens (tertiary/aromatic N) is 2. The van der Waals surface area contributed by atoms with E-state index in [1.165, 1.54) is 16.9 Å². The number of nitrogens with one attached hydrogen (secondary N) is 1. The van der Waals surface area contributed by atoms with E-state index in [-0.39, 0.29) is 0 Å². The molecule has 1 aromatic carbocycles. The molecular weight excluding hydrogens is 429 g/mol. The van der Waals surface area contributed by atoms with Gasteiger partial charge in [0, 0.05) is 23.7 Å². The van der Waals surface area contributed by atoms with Crippen LogP contribution in [0.2, 0.25) is 0 Å². The first kappa shape index (κ1) is 25.1. The van der Waals surface area contributed by atoms with Crippen LogP contribution in [0.3, 0.4) is 0 Å². The Hall–Kier alpha value is -2.48. The summed E-state index contributed by atoms with van der Waals surface area (Å²) in [7, 11) is 0. The fourth-order valence-electron chi connectivity index (χ4n) is 4.63. The van der Waals surface area contributed by atoms with Gasteiger partial charge in [0.15, 0.2) is 0 Å². The summed E-state index contributed by atoms with van der Waals surface area (Å²) in [6.07, 6.45) is 3.34. The lowest BCUT2D eigenvalue weighted by Gasteiger charge is -2.28. The Kier molecular flexibility index (Phi) is 7.46. The summed E-state index contributed by atoms with van der Waals surface area (Å²) in [6, 6.07) is 3.97. The Morgan fingerprint density at radius 3 is 2.64 bits per heavy atom. The lowest BCUT2D eigenvalue weighted by atomic mass is 9.85. The monoisotopic (exact) mass is 464 g/mol. The van der Waals surface area contributed by atoms with Gasteiger partial charge in [0.1, 0.15) is 5.82 Å². The molecule has 0 amide bonds. The molecule has 0 bridgehead atoms. The summed E-state index contributed by atoms with van der Waals surface area (Å²) in [6.45, 7) is 9.67. The van der Waals surface area contributed by atoms with E-state index in [2.05, 4.69) is 16.9 Å². The lowest BCUT2D eigenvalue weighted by Crippen LogP contribution is -2.31. The molecule has 1 heterocycles. The third-order valence-electron chi connectivity index (χ3n) is 6.74. The highest BCUT2D eigenvalue weighted by Gasteiger charge is 2.31. The van der Waals surface area contributed by atoms with Crippen molar-refractivity contribution in [3.63, 3.8) is 0 Å². The van der Waals surface area contributed by atoms with E-state index in [1.807, 2.05) is 13.8 Å². The van der Waals surface area contributed by atoms with Gasteiger partial charge in [0.05, 0.1) is 23.1 Å². The summed E-state index contributed by atoms with van der Waals surface area (Å²) in [5.74, 6) is 7.11. The highest BCUT2D eigenvalue weighted by molar-refractivity contribution is 5.65. The van der Waals surface area contributed by atoms with Crippen molar-refractivity contribution >= 4 is 0 Å². The molecule has 8 heteroatoms. The molecule has 5 nitrogen and oxygen atoms in total. The van der Waals surface area contributed by atoms with E-state index in [9.17, 15) is 18.3 Å². The van der Waals surface area contributed by atoms with Gasteiger partial charge in [-0.2, -0.15) is 13.2 Å². The minimum Gasteiger partial charge on any atom is -0.390 e. The number of aryl methyl sites for hydroxylation is 2. The Balaban J connectivity index is 1.61. The summed E-state index contributed by atoms with van der Waals surface area (Å²) in [5, 5.41) is 13.8. The standard InChI is InChI=1S/C25H35F3N4O/c1-16-8-10-19(25(26,27)28)14-21(16)22-15-30-23(32(22)29)13-9-17(2)31-20-7-5-6-18(11-12-20)24(3,4)33/h8,10,14-15,18,20,31,33H,2,5-7,9,11-13,29H2,1,3-4H3/t18-,20-/m0/s1. The number of aromatic nitrogens is 2. The molecule has 0 radical (unpaired) electrons. The average molecular weight is 465 g/mol. The van der Waals surface area contributed by atoms with Crippen LogP contribution in [0, 0.1) is 12.8 Å². The van der Waals surface area contributed by atoms with Gasteiger partial charge in [-0.05, 0) is 76.5 Å². The van der Waals surface area contributed by atoms with E-state index < -0.39 is 17.3 Å². The fourth-order valence-corrected chi connectivity index (χ4v) is 4.63. The van der Waals surface area contributed by atoms with Crippen LogP contribution in [-0.4, -0.2) is 26.4 Å². The van der Waals surface area contributed by atoms with Crippen molar-refractivity contribution in [3.05, 3.63) is 53.6 Å². The molecule has 2 aromatic rings. The number of hydrogen-bond acceptors (Lipinski definition) is 4. The normalized spacial score (nSPS) is 19.8. The molecule has 0 saturated heterocycles. The lowest BCUT2D eigenvalue weighted by molar-refractivity contribution is -0.137. The van der Waals surface area contributed by atoms with Gasteiger partial charge in [0.25, 0.3) is 0 Å². The predicted octanol–water partition coefficient (Wildman–Crippen LogP) is 5.35. The average Bonchev–Trinajstić information content (AvgIpc) is 2.91. The third kappa shape index (κ3) is 6.31. The molecule has 1 saturated carbocycles. The molecule has 1 aliphatic rings. The van der Waals surface area contributed by atoms with E-state index in [0.29, 0.717) is 47.4 Å². The van der Waals surface area contributed by atoms with Crippen molar-refractivity contribution in [3.8, 4) is 11.3 Å². The minimum atomic E-state index is -4.42. The number of imidazole rings is 1. The second-order valence-corrected chi connectivity index (χ2v) is 9.76. The van der Waals surface area contributed by atoms with Gasteiger partial charge in [0.2, 0.25) is 0 Å². The van der Waals surface area contributed by atoms with Crippen molar-refractivity contribution < 1.29 is 18.3 Å². The summed E-state index contributed by atoms with van der Waals surface area (Å²) in [5.41, 5.74) is 1.10. The topological polar surface area (TPSA) is 76.1 Å². The smallest absolute Gasteiger partial charge is 0.390 e. The van der Waals surface area contributed by atoms with E-state index in [0.717, 1.165) is 49.9 Å². The third-order valence-corrected chi connectivity index (χ3v) is 6.74. The van der Waals surface area contributed by atoms with Gasteiger partial charge >= 0.3 is 6.18 Å². The largest absolute Gasteiger partial charge is 0.416 e. The summed E-state index contributed by atoms with van der Waals surface area (Å²) < 4.78 is 40.8. The van der Waals surface area contributed by atoms with E-state index in [1.54, 1.807) is 6.92 Å². The highest BCUT2D eigenvalue weighted by atomic mass is 19.4. The Bertz CT molecular complexity index is 975. The van der Waals surface area contributed by atoms with Crippen LogP contribution in [0.1, 0.15) is 69.3 Å². The first-order chi connectivity index (χ1) is 15.4. The van der Waals surface area contributed by atoms with Crippen molar-refractivity contribution in [1.82, 2.24) is 15.0 Å². The molecule has 182 valence electrons. The first-order valence-electron chi connectivity index (χ1n) is 11.5. The molecule has 4 N–H and O–H groups in total. The molecule has 0 spiro atoms. The Labute approximate surface area is 193 Å². The van der Waals surface area contributed by atoms with E-state index >= 15 is 0 Å². The molecule has 3 rings (SSSR count). The Morgan fingerprint density at radius 2 is 1.97 bits per heavy atom. The minimum absolute atomic E-state index is 0.306. The summed E-state index contributed by atoms with van der Waals surface area (Å²) in [4.78, 5) is 4.36. The number of nitrogen functional groups attached to an aromatic ring is 1. The van der Waals surface area contributed by atoms with Crippen LogP contribution >= 0.6 is 0 Å². The van der Waals surface area contributed by atoms with Crippen LogP contribution in [-0.2, 0) is 12.6 Å². The number of aliphatic hydroxyl groups is 1. The Morgan fingerprint density at radius 1 is 1.24 bits per heavy atom. The number of hydrogen-bond donors (Lipinski definition) is 3. The fraction of sp³-hybridized carbons (Fsp3) is 0.560. The molecule has 1 aromatic heterocycles. The molecule has 2 atom stereocenters. The maximum Gasteiger partial charge on any atom is 0.416 e. The molecule has 0 aliphatic heterocycles. The first-order valence-corrected chi connectivity index (χ1v) is 11.5. The molecule has 1 fully saturated rings. The molecule has 1 aliphatic carbocycles. The quantitative estimate of drug-likeness (QED) is 0.382. The number of rotatable bonds is 7. The second kappa shape index (κ2) is 9.79. The van der Waals surface area contributed by atoms with Gasteiger partial charge in [-0.25, -0.2) is 9.66 Å².